The third-order valence-electron chi connectivity index (χ3n) is 10.9. The van der Waals surface area contributed by atoms with E-state index in [1.807, 2.05) is 23.7 Å². The van der Waals surface area contributed by atoms with E-state index in [2.05, 4.69) is 66.4 Å². The Labute approximate surface area is 316 Å². The van der Waals surface area contributed by atoms with Crippen molar-refractivity contribution in [1.29, 1.82) is 0 Å². The second kappa shape index (κ2) is 15.6. The van der Waals surface area contributed by atoms with E-state index in [9.17, 15) is 9.59 Å². The van der Waals surface area contributed by atoms with Crippen molar-refractivity contribution < 1.29 is 23.8 Å². The van der Waals surface area contributed by atoms with Crippen LogP contribution in [0, 0.1) is 11.8 Å². The maximum absolute atomic E-state index is 12.7. The minimum Gasteiger partial charge on any atom is -0.494 e. The first-order valence-corrected chi connectivity index (χ1v) is 26.7. The Balaban J connectivity index is 1.48. The molecule has 0 radical (unpaired) electrons. The SMILES string of the molecule is C=C(OCC)c1c([C@H]2C[C@@H]3CC[C@@H](C3)C2)nc2c(-c3ccc(C4(C)NC(=O)NC4=O)nc3)cnn2c1N(COCC[Si](C)(C)C)COCC[Si](C)(C)C. The molecule has 2 saturated carbocycles. The van der Waals surface area contributed by atoms with Crippen LogP contribution in [0.15, 0.2) is 31.1 Å². The molecular weight excluding hydrogens is 703 g/mol. The lowest BCUT2D eigenvalue weighted by Gasteiger charge is -2.33. The van der Waals surface area contributed by atoms with Gasteiger partial charge in [0.2, 0.25) is 0 Å². The molecule has 6 rings (SSSR count). The third kappa shape index (κ3) is 8.87. The molecule has 1 unspecified atom stereocenters. The van der Waals surface area contributed by atoms with Gasteiger partial charge in [0.1, 0.15) is 25.0 Å². The lowest BCUT2D eigenvalue weighted by Crippen LogP contribution is -2.41. The van der Waals surface area contributed by atoms with Gasteiger partial charge in [0.05, 0.1) is 29.8 Å². The minimum atomic E-state index is -1.32. The van der Waals surface area contributed by atoms with Gasteiger partial charge in [0, 0.05) is 52.6 Å². The van der Waals surface area contributed by atoms with Crippen molar-refractivity contribution >= 4 is 45.3 Å². The molecule has 3 aliphatic rings. The van der Waals surface area contributed by atoms with E-state index < -0.39 is 33.6 Å². The molecule has 4 atom stereocenters. The van der Waals surface area contributed by atoms with Gasteiger partial charge in [-0.25, -0.2) is 9.78 Å². The van der Waals surface area contributed by atoms with E-state index in [0.717, 1.165) is 53.1 Å². The molecule has 3 fully saturated rings. The van der Waals surface area contributed by atoms with Crippen LogP contribution in [0.1, 0.15) is 68.8 Å². The summed E-state index contributed by atoms with van der Waals surface area (Å²) in [6, 6.07) is 5.26. The fourth-order valence-corrected chi connectivity index (χ4v) is 9.38. The maximum atomic E-state index is 12.7. The van der Waals surface area contributed by atoms with E-state index in [-0.39, 0.29) is 5.92 Å². The summed E-state index contributed by atoms with van der Waals surface area (Å²) in [5.74, 6) is 2.57. The zero-order valence-corrected chi connectivity index (χ0v) is 35.0. The zero-order chi connectivity index (χ0) is 38.1. The molecule has 2 N–H and O–H groups in total. The van der Waals surface area contributed by atoms with Crippen LogP contribution in [0.4, 0.5) is 10.6 Å². The summed E-state index contributed by atoms with van der Waals surface area (Å²) in [5.41, 5.74) is 3.35. The number of hydrogen-bond donors (Lipinski definition) is 2. The van der Waals surface area contributed by atoms with Crippen molar-refractivity contribution in [2.75, 3.05) is 38.2 Å². The van der Waals surface area contributed by atoms with Crippen LogP contribution in [0.3, 0.4) is 0 Å². The number of amides is 3. The Morgan fingerprint density at radius 3 is 2.15 bits per heavy atom. The summed E-state index contributed by atoms with van der Waals surface area (Å²) in [6.07, 6.45) is 9.55. The van der Waals surface area contributed by atoms with Crippen LogP contribution in [-0.4, -0.2) is 81.0 Å². The minimum absolute atomic E-state index is 0.243. The first kappa shape index (κ1) is 39.1. The van der Waals surface area contributed by atoms with Crippen LogP contribution in [0.2, 0.25) is 51.4 Å². The highest BCUT2D eigenvalue weighted by Gasteiger charge is 2.45. The van der Waals surface area contributed by atoms with Gasteiger partial charge in [-0.1, -0.05) is 64.8 Å². The van der Waals surface area contributed by atoms with Gasteiger partial charge >= 0.3 is 6.03 Å². The summed E-state index contributed by atoms with van der Waals surface area (Å²) in [5, 5.41) is 10.0. The number of nitrogens with one attached hydrogen (secondary N) is 2. The number of imide groups is 1. The molecule has 4 heterocycles. The van der Waals surface area contributed by atoms with Crippen LogP contribution in [0.25, 0.3) is 22.5 Å². The largest absolute Gasteiger partial charge is 0.494 e. The smallest absolute Gasteiger partial charge is 0.322 e. The predicted molar refractivity (Wildman–Crippen MR) is 214 cm³/mol. The monoisotopic (exact) mass is 761 g/mol. The first-order valence-electron chi connectivity index (χ1n) is 19.3. The van der Waals surface area contributed by atoms with Gasteiger partial charge in [-0.05, 0) is 63.1 Å². The second-order valence-corrected chi connectivity index (χ2v) is 29.0. The van der Waals surface area contributed by atoms with Crippen molar-refractivity contribution in [3.63, 3.8) is 0 Å². The van der Waals surface area contributed by atoms with Crippen molar-refractivity contribution in [2.24, 2.45) is 11.8 Å². The lowest BCUT2D eigenvalue weighted by molar-refractivity contribution is -0.123. The van der Waals surface area contributed by atoms with Crippen molar-refractivity contribution in [3.8, 4) is 11.1 Å². The molecule has 3 amide bonds. The van der Waals surface area contributed by atoms with Crippen molar-refractivity contribution in [3.05, 3.63) is 48.1 Å². The molecule has 3 aromatic heterocycles. The topological polar surface area (TPSA) is 132 Å². The molecule has 1 saturated heterocycles. The molecule has 14 heteroatoms. The summed E-state index contributed by atoms with van der Waals surface area (Å²) in [4.78, 5) is 36.9. The predicted octanol–water partition coefficient (Wildman–Crippen LogP) is 7.58. The van der Waals surface area contributed by atoms with Gasteiger partial charge in [-0.3, -0.25) is 15.1 Å². The molecule has 288 valence electrons. The van der Waals surface area contributed by atoms with Crippen molar-refractivity contribution in [1.82, 2.24) is 30.2 Å². The Kier molecular flexibility index (Phi) is 11.5. The van der Waals surface area contributed by atoms with Gasteiger partial charge in [0.15, 0.2) is 11.2 Å². The van der Waals surface area contributed by atoms with Gasteiger partial charge in [-0.15, -0.1) is 0 Å². The number of aromatic nitrogens is 4. The number of nitrogens with zero attached hydrogens (tertiary/aromatic N) is 5. The maximum Gasteiger partial charge on any atom is 0.322 e. The van der Waals surface area contributed by atoms with E-state index in [0.29, 0.717) is 62.2 Å². The fourth-order valence-electron chi connectivity index (χ4n) is 7.87. The Morgan fingerprint density at radius 2 is 1.62 bits per heavy atom. The Hall–Kier alpha value is -3.60. The average Bonchev–Trinajstić information content (AvgIpc) is 3.75. The number of ether oxygens (including phenoxy) is 3. The molecule has 1 aliphatic heterocycles. The number of fused-ring (bicyclic) bond motifs is 3. The van der Waals surface area contributed by atoms with Crippen LogP contribution in [0.5, 0.6) is 0 Å². The molecule has 2 bridgehead atoms. The van der Waals surface area contributed by atoms with Crippen LogP contribution < -0.4 is 15.5 Å². The average molecular weight is 762 g/mol. The van der Waals surface area contributed by atoms with E-state index in [1.165, 1.54) is 19.3 Å². The van der Waals surface area contributed by atoms with Crippen molar-refractivity contribution in [2.45, 2.75) is 109 Å². The fraction of sp³-hybridized carbons (Fsp3) is 0.615. The highest BCUT2D eigenvalue weighted by atomic mass is 28.3. The third-order valence-corrected chi connectivity index (χ3v) is 14.3. The number of hydrogen-bond acceptors (Lipinski definition) is 9. The summed E-state index contributed by atoms with van der Waals surface area (Å²) in [6.45, 7) is 24.7. The zero-order valence-electron chi connectivity index (χ0n) is 33.0. The Morgan fingerprint density at radius 1 is 0.981 bits per heavy atom. The number of rotatable bonds is 17. The summed E-state index contributed by atoms with van der Waals surface area (Å²) < 4.78 is 21.1. The molecule has 0 spiro atoms. The van der Waals surface area contributed by atoms with Gasteiger partial charge in [-0.2, -0.15) is 9.61 Å². The summed E-state index contributed by atoms with van der Waals surface area (Å²) in [7, 11) is -2.64. The Bertz CT molecular complexity index is 1790. The molecule has 53 heavy (non-hydrogen) atoms. The second-order valence-electron chi connectivity index (χ2n) is 17.8. The summed E-state index contributed by atoms with van der Waals surface area (Å²) >= 11 is 0. The van der Waals surface area contributed by atoms with E-state index >= 15 is 0 Å². The van der Waals surface area contributed by atoms with Gasteiger partial charge in [0.25, 0.3) is 5.91 Å². The molecule has 12 nitrogen and oxygen atoms in total. The highest BCUT2D eigenvalue weighted by Crippen LogP contribution is 2.50. The van der Waals surface area contributed by atoms with Crippen LogP contribution in [-0.2, 0) is 24.5 Å². The van der Waals surface area contributed by atoms with E-state index in [1.54, 1.807) is 19.2 Å². The standard InChI is InChI=1S/C39H59N7O5Si2/c1-10-51-26(2)33-34(30-20-27-11-12-28(19-27)21-30)42-35-31(29-13-14-32(40-22-29)39(3)37(47)43-38(48)44-39)23-41-46(35)36(33)45(24-49-15-17-52(4,5)6)25-50-16-18-53(7,8)9/h13-14,22-23,27-28,30H,2,10-12,15-21,24-25H2,1,3-9H3,(H2,43,44,47,48)/t27-,28+,30+,39?. The first-order chi connectivity index (χ1) is 25.1. The lowest BCUT2D eigenvalue weighted by atomic mass is 9.78. The molecule has 3 aromatic rings. The van der Waals surface area contributed by atoms with Gasteiger partial charge < -0.3 is 24.4 Å². The molecular formula is C39H59N7O5Si2. The number of carbonyl (C=O) groups is 2. The molecule has 0 aromatic carbocycles. The molecule has 2 aliphatic carbocycles. The quantitative estimate of drug-likeness (QED) is 0.0470. The van der Waals surface area contributed by atoms with Crippen LogP contribution >= 0.6 is 0 Å². The van der Waals surface area contributed by atoms with E-state index in [4.69, 9.17) is 24.3 Å². The normalized spacial score (nSPS) is 23.0. The number of pyridine rings is 1. The number of anilines is 1. The number of urea groups is 1. The highest BCUT2D eigenvalue weighted by molar-refractivity contribution is 6.76. The number of carbonyl (C=O) groups excluding carboxylic acids is 2.